The van der Waals surface area contributed by atoms with Crippen LogP contribution >= 0.6 is 0 Å². The fraction of sp³-hybridized carbons (Fsp3) is 0.529. The molecule has 4 heteroatoms. The molecule has 0 bridgehead atoms. The van der Waals surface area contributed by atoms with Gasteiger partial charge in [-0.3, -0.25) is 9.59 Å². The maximum atomic E-state index is 12.6. The molecule has 0 heterocycles. The normalized spacial score (nSPS) is 26.3. The Labute approximate surface area is 124 Å². The fourth-order valence-corrected chi connectivity index (χ4v) is 3.36. The summed E-state index contributed by atoms with van der Waals surface area (Å²) in [6, 6.07) is 9.93. The molecule has 1 unspecified atom stereocenters. The van der Waals surface area contributed by atoms with Crippen LogP contribution < -0.4 is 5.32 Å². The number of nitrogens with one attached hydrogen (secondary N) is 1. The molecule has 1 amide bonds. The standard InChI is InChI=1S/C17H21NO3/c19-16(18-14-9-8-13(10-14)17(20)21)15(12-6-7-12)11-4-2-1-3-5-11/h1-5,12-15H,6-10H2,(H,18,19)(H,20,21)/t13-,14+,15?/m0/s1. The predicted octanol–water partition coefficient (Wildman–Crippen LogP) is 2.55. The number of benzene rings is 1. The largest absolute Gasteiger partial charge is 0.481 e. The van der Waals surface area contributed by atoms with Crippen molar-refractivity contribution in [2.75, 3.05) is 0 Å². The molecule has 1 aromatic carbocycles. The van der Waals surface area contributed by atoms with E-state index in [1.165, 1.54) is 0 Å². The van der Waals surface area contributed by atoms with E-state index in [9.17, 15) is 9.59 Å². The van der Waals surface area contributed by atoms with Crippen LogP contribution in [-0.4, -0.2) is 23.0 Å². The molecular weight excluding hydrogens is 266 g/mol. The number of carboxylic acids is 1. The van der Waals surface area contributed by atoms with Crippen molar-refractivity contribution in [2.45, 2.75) is 44.1 Å². The Kier molecular flexibility index (Phi) is 3.95. The summed E-state index contributed by atoms with van der Waals surface area (Å²) in [4.78, 5) is 23.6. The second-order valence-corrected chi connectivity index (χ2v) is 6.28. The third-order valence-electron chi connectivity index (χ3n) is 4.66. The third kappa shape index (κ3) is 3.26. The first-order valence-corrected chi connectivity index (χ1v) is 7.73. The molecule has 2 aliphatic carbocycles. The highest BCUT2D eigenvalue weighted by molar-refractivity contribution is 5.84. The average molecular weight is 287 g/mol. The maximum Gasteiger partial charge on any atom is 0.306 e. The van der Waals surface area contributed by atoms with E-state index in [0.29, 0.717) is 18.8 Å². The summed E-state index contributed by atoms with van der Waals surface area (Å²) >= 11 is 0. The minimum absolute atomic E-state index is 0.0172. The Morgan fingerprint density at radius 1 is 1.10 bits per heavy atom. The second kappa shape index (κ2) is 5.88. The lowest BCUT2D eigenvalue weighted by molar-refractivity contribution is -0.141. The zero-order valence-electron chi connectivity index (χ0n) is 12.0. The monoisotopic (exact) mass is 287 g/mol. The Balaban J connectivity index is 1.65. The van der Waals surface area contributed by atoms with Crippen LogP contribution in [0.1, 0.15) is 43.6 Å². The minimum Gasteiger partial charge on any atom is -0.481 e. The lowest BCUT2D eigenvalue weighted by atomic mass is 9.93. The molecule has 3 rings (SSSR count). The van der Waals surface area contributed by atoms with Crippen LogP contribution in [0.2, 0.25) is 0 Å². The van der Waals surface area contributed by atoms with Crippen LogP contribution in [0.3, 0.4) is 0 Å². The first-order valence-electron chi connectivity index (χ1n) is 7.73. The van der Waals surface area contributed by atoms with Gasteiger partial charge in [0.2, 0.25) is 5.91 Å². The summed E-state index contributed by atoms with van der Waals surface area (Å²) in [6.45, 7) is 0. The van der Waals surface area contributed by atoms with Gasteiger partial charge in [-0.1, -0.05) is 30.3 Å². The highest BCUT2D eigenvalue weighted by Crippen LogP contribution is 2.43. The number of rotatable bonds is 5. The number of carbonyl (C=O) groups is 2. The fourth-order valence-electron chi connectivity index (χ4n) is 3.36. The number of carboxylic acid groups (broad SMARTS) is 1. The van der Waals surface area contributed by atoms with Gasteiger partial charge in [0.15, 0.2) is 0 Å². The van der Waals surface area contributed by atoms with Crippen molar-refractivity contribution in [3.05, 3.63) is 35.9 Å². The molecule has 2 aliphatic rings. The molecular formula is C17H21NO3. The molecule has 2 saturated carbocycles. The zero-order chi connectivity index (χ0) is 14.8. The van der Waals surface area contributed by atoms with Gasteiger partial charge >= 0.3 is 5.97 Å². The van der Waals surface area contributed by atoms with Crippen LogP contribution in [0.5, 0.6) is 0 Å². The molecule has 0 aromatic heterocycles. The number of amides is 1. The van der Waals surface area contributed by atoms with Crippen LogP contribution in [0.4, 0.5) is 0 Å². The average Bonchev–Trinajstić information content (AvgIpc) is 3.18. The lowest BCUT2D eigenvalue weighted by Gasteiger charge is -2.20. The summed E-state index contributed by atoms with van der Waals surface area (Å²) in [5.74, 6) is -0.598. The second-order valence-electron chi connectivity index (χ2n) is 6.28. The van der Waals surface area contributed by atoms with E-state index in [-0.39, 0.29) is 23.8 Å². The van der Waals surface area contributed by atoms with Gasteiger partial charge < -0.3 is 10.4 Å². The third-order valence-corrected chi connectivity index (χ3v) is 4.66. The van der Waals surface area contributed by atoms with Gasteiger partial charge in [-0.05, 0) is 43.6 Å². The van der Waals surface area contributed by atoms with Crippen LogP contribution in [0, 0.1) is 11.8 Å². The Morgan fingerprint density at radius 3 is 2.38 bits per heavy atom. The van der Waals surface area contributed by atoms with Gasteiger partial charge in [0, 0.05) is 6.04 Å². The minimum atomic E-state index is -0.742. The molecule has 2 fully saturated rings. The van der Waals surface area contributed by atoms with Crippen molar-refractivity contribution in [3.63, 3.8) is 0 Å². The van der Waals surface area contributed by atoms with Crippen molar-refractivity contribution in [1.82, 2.24) is 5.32 Å². The number of aliphatic carboxylic acids is 1. The first-order chi connectivity index (χ1) is 10.1. The molecule has 0 spiro atoms. The van der Waals surface area contributed by atoms with Gasteiger partial charge in [-0.2, -0.15) is 0 Å². The van der Waals surface area contributed by atoms with E-state index < -0.39 is 5.97 Å². The van der Waals surface area contributed by atoms with E-state index in [1.54, 1.807) is 0 Å². The van der Waals surface area contributed by atoms with Gasteiger partial charge in [-0.15, -0.1) is 0 Å². The van der Waals surface area contributed by atoms with Gasteiger partial charge in [-0.25, -0.2) is 0 Å². The van der Waals surface area contributed by atoms with Crippen molar-refractivity contribution < 1.29 is 14.7 Å². The summed E-state index contributed by atoms with van der Waals surface area (Å²) < 4.78 is 0. The SMILES string of the molecule is O=C(N[C@@H]1CC[C@H](C(=O)O)C1)C(c1ccccc1)C1CC1. The molecule has 1 aromatic rings. The smallest absolute Gasteiger partial charge is 0.306 e. The highest BCUT2D eigenvalue weighted by Gasteiger charge is 2.39. The van der Waals surface area contributed by atoms with E-state index >= 15 is 0 Å². The summed E-state index contributed by atoms with van der Waals surface area (Å²) in [5.41, 5.74) is 1.07. The number of hydrogen-bond donors (Lipinski definition) is 2. The molecule has 21 heavy (non-hydrogen) atoms. The Morgan fingerprint density at radius 2 is 1.81 bits per heavy atom. The topological polar surface area (TPSA) is 66.4 Å². The molecule has 0 aliphatic heterocycles. The maximum absolute atomic E-state index is 12.6. The van der Waals surface area contributed by atoms with Crippen molar-refractivity contribution >= 4 is 11.9 Å². The predicted molar refractivity (Wildman–Crippen MR) is 78.8 cm³/mol. The molecule has 2 N–H and O–H groups in total. The number of hydrogen-bond acceptors (Lipinski definition) is 2. The van der Waals surface area contributed by atoms with Crippen LogP contribution in [0.15, 0.2) is 30.3 Å². The van der Waals surface area contributed by atoms with Gasteiger partial charge in [0.25, 0.3) is 0 Å². The van der Waals surface area contributed by atoms with E-state index in [4.69, 9.17) is 5.11 Å². The molecule has 112 valence electrons. The Hall–Kier alpha value is -1.84. The van der Waals surface area contributed by atoms with Crippen molar-refractivity contribution in [3.8, 4) is 0 Å². The highest BCUT2D eigenvalue weighted by atomic mass is 16.4. The van der Waals surface area contributed by atoms with Crippen molar-refractivity contribution in [1.29, 1.82) is 0 Å². The van der Waals surface area contributed by atoms with Crippen molar-refractivity contribution in [2.24, 2.45) is 11.8 Å². The molecule has 3 atom stereocenters. The van der Waals surface area contributed by atoms with Crippen LogP contribution in [-0.2, 0) is 9.59 Å². The molecule has 0 radical (unpaired) electrons. The zero-order valence-corrected chi connectivity index (χ0v) is 12.0. The molecule has 0 saturated heterocycles. The van der Waals surface area contributed by atoms with E-state index in [2.05, 4.69) is 5.32 Å². The Bertz CT molecular complexity index is 524. The number of carbonyl (C=O) groups excluding carboxylic acids is 1. The summed E-state index contributed by atoms with van der Waals surface area (Å²) in [7, 11) is 0. The van der Waals surface area contributed by atoms with E-state index in [0.717, 1.165) is 24.8 Å². The molecule has 4 nitrogen and oxygen atoms in total. The van der Waals surface area contributed by atoms with Crippen LogP contribution in [0.25, 0.3) is 0 Å². The summed E-state index contributed by atoms with van der Waals surface area (Å²) in [5, 5.41) is 12.1. The van der Waals surface area contributed by atoms with Gasteiger partial charge in [0.05, 0.1) is 11.8 Å². The lowest BCUT2D eigenvalue weighted by Crippen LogP contribution is -2.37. The summed E-state index contributed by atoms with van der Waals surface area (Å²) in [6.07, 6.45) is 4.21. The van der Waals surface area contributed by atoms with E-state index in [1.807, 2.05) is 30.3 Å². The van der Waals surface area contributed by atoms with Gasteiger partial charge in [0.1, 0.15) is 0 Å². The quantitative estimate of drug-likeness (QED) is 0.874. The first kappa shape index (κ1) is 14.1.